The number of hydrogen-bond acceptors (Lipinski definition) is 1. The first-order valence-corrected chi connectivity index (χ1v) is 6.88. The van der Waals surface area contributed by atoms with E-state index in [-0.39, 0.29) is 5.82 Å². The molecule has 1 nitrogen and oxygen atoms in total. The quantitative estimate of drug-likeness (QED) is 0.872. The van der Waals surface area contributed by atoms with Crippen LogP contribution in [-0.4, -0.2) is 6.04 Å². The van der Waals surface area contributed by atoms with E-state index in [9.17, 15) is 4.39 Å². The van der Waals surface area contributed by atoms with Gasteiger partial charge in [0.1, 0.15) is 5.82 Å². The summed E-state index contributed by atoms with van der Waals surface area (Å²) in [5, 5.41) is 4.04. The zero-order chi connectivity index (χ0) is 13.2. The highest BCUT2D eigenvalue weighted by Crippen LogP contribution is 2.30. The molecular formula is C16H15ClFN. The third-order valence-electron chi connectivity index (χ3n) is 3.37. The van der Waals surface area contributed by atoms with Gasteiger partial charge in [0.2, 0.25) is 0 Å². The molecule has 0 unspecified atom stereocenters. The van der Waals surface area contributed by atoms with Crippen molar-refractivity contribution in [3.05, 3.63) is 58.9 Å². The van der Waals surface area contributed by atoms with Crippen molar-refractivity contribution in [3.8, 4) is 11.1 Å². The molecule has 0 radical (unpaired) electrons. The lowest BCUT2D eigenvalue weighted by Crippen LogP contribution is -2.15. The van der Waals surface area contributed by atoms with Gasteiger partial charge in [0.15, 0.2) is 0 Å². The van der Waals surface area contributed by atoms with Crippen LogP contribution in [0, 0.1) is 5.82 Å². The van der Waals surface area contributed by atoms with E-state index in [4.69, 9.17) is 11.6 Å². The topological polar surface area (TPSA) is 12.0 Å². The molecule has 0 saturated heterocycles. The standard InChI is InChI=1S/C16H15ClFN/c17-15-9-11(10-19-12-6-7-12)5-8-13(15)14-3-1-2-4-16(14)18/h1-5,8-9,12,19H,6-7,10H2. The van der Waals surface area contributed by atoms with E-state index in [0.29, 0.717) is 16.6 Å². The number of rotatable bonds is 4. The van der Waals surface area contributed by atoms with Crippen molar-refractivity contribution in [1.82, 2.24) is 5.32 Å². The first-order chi connectivity index (χ1) is 9.24. The Kier molecular flexibility index (Phi) is 3.54. The van der Waals surface area contributed by atoms with E-state index in [1.807, 2.05) is 24.3 Å². The summed E-state index contributed by atoms with van der Waals surface area (Å²) >= 11 is 6.27. The SMILES string of the molecule is Fc1ccccc1-c1ccc(CNC2CC2)cc1Cl. The molecule has 1 N–H and O–H groups in total. The maximum Gasteiger partial charge on any atom is 0.131 e. The Morgan fingerprint density at radius 3 is 2.58 bits per heavy atom. The fourth-order valence-electron chi connectivity index (χ4n) is 2.12. The predicted octanol–water partition coefficient (Wildman–Crippen LogP) is 4.40. The van der Waals surface area contributed by atoms with Crippen LogP contribution in [0.3, 0.4) is 0 Å². The minimum Gasteiger partial charge on any atom is -0.310 e. The molecule has 1 aliphatic carbocycles. The van der Waals surface area contributed by atoms with E-state index in [1.54, 1.807) is 12.1 Å². The van der Waals surface area contributed by atoms with Gasteiger partial charge in [-0.3, -0.25) is 0 Å². The molecule has 0 amide bonds. The predicted molar refractivity (Wildman–Crippen MR) is 76.7 cm³/mol. The van der Waals surface area contributed by atoms with Crippen molar-refractivity contribution in [3.63, 3.8) is 0 Å². The maximum atomic E-state index is 13.7. The molecule has 0 heterocycles. The summed E-state index contributed by atoms with van der Waals surface area (Å²) in [6, 6.07) is 13.2. The first-order valence-electron chi connectivity index (χ1n) is 6.51. The average molecular weight is 276 g/mol. The third-order valence-corrected chi connectivity index (χ3v) is 3.68. The van der Waals surface area contributed by atoms with Gasteiger partial charge >= 0.3 is 0 Å². The summed E-state index contributed by atoms with van der Waals surface area (Å²) in [4.78, 5) is 0. The molecule has 0 spiro atoms. The van der Waals surface area contributed by atoms with E-state index in [0.717, 1.165) is 17.7 Å². The molecule has 19 heavy (non-hydrogen) atoms. The van der Waals surface area contributed by atoms with Gasteiger partial charge in [0, 0.05) is 28.7 Å². The summed E-state index contributed by atoms with van der Waals surface area (Å²) < 4.78 is 13.7. The van der Waals surface area contributed by atoms with Crippen LogP contribution in [0.4, 0.5) is 4.39 Å². The van der Waals surface area contributed by atoms with Gasteiger partial charge in [-0.2, -0.15) is 0 Å². The Bertz CT molecular complexity index is 593. The molecule has 98 valence electrons. The molecule has 1 fully saturated rings. The molecule has 0 aromatic heterocycles. The van der Waals surface area contributed by atoms with Crippen LogP contribution in [0.25, 0.3) is 11.1 Å². The molecule has 2 aromatic carbocycles. The van der Waals surface area contributed by atoms with Gasteiger partial charge in [0.05, 0.1) is 0 Å². The van der Waals surface area contributed by atoms with Gasteiger partial charge in [-0.15, -0.1) is 0 Å². The summed E-state index contributed by atoms with van der Waals surface area (Å²) in [6.45, 7) is 0.821. The van der Waals surface area contributed by atoms with Gasteiger partial charge in [-0.25, -0.2) is 4.39 Å². The van der Waals surface area contributed by atoms with Crippen LogP contribution in [-0.2, 0) is 6.54 Å². The maximum absolute atomic E-state index is 13.7. The van der Waals surface area contributed by atoms with Crippen LogP contribution < -0.4 is 5.32 Å². The molecule has 3 rings (SSSR count). The molecular weight excluding hydrogens is 261 g/mol. The third kappa shape index (κ3) is 2.96. The smallest absolute Gasteiger partial charge is 0.131 e. The summed E-state index contributed by atoms with van der Waals surface area (Å²) in [7, 11) is 0. The molecule has 0 aliphatic heterocycles. The molecule has 0 bridgehead atoms. The highest BCUT2D eigenvalue weighted by atomic mass is 35.5. The van der Waals surface area contributed by atoms with Crippen LogP contribution in [0.15, 0.2) is 42.5 Å². The van der Waals surface area contributed by atoms with E-state index in [2.05, 4.69) is 5.32 Å². The molecule has 3 heteroatoms. The fraction of sp³-hybridized carbons (Fsp3) is 0.250. The summed E-state index contributed by atoms with van der Waals surface area (Å²) in [6.07, 6.45) is 2.53. The Labute approximate surface area is 117 Å². The second kappa shape index (κ2) is 5.32. The van der Waals surface area contributed by atoms with Gasteiger partial charge in [-0.05, 0) is 30.5 Å². The number of benzene rings is 2. The van der Waals surface area contributed by atoms with Gasteiger partial charge in [0.25, 0.3) is 0 Å². The Morgan fingerprint density at radius 1 is 1.11 bits per heavy atom. The minimum atomic E-state index is -0.242. The minimum absolute atomic E-state index is 0.242. The van der Waals surface area contributed by atoms with E-state index in [1.165, 1.54) is 18.9 Å². The normalized spacial score (nSPS) is 14.6. The fourth-order valence-corrected chi connectivity index (χ4v) is 2.42. The van der Waals surface area contributed by atoms with Crippen LogP contribution >= 0.6 is 11.6 Å². The van der Waals surface area contributed by atoms with Crippen molar-refractivity contribution in [2.75, 3.05) is 0 Å². The Morgan fingerprint density at radius 2 is 1.89 bits per heavy atom. The Balaban J connectivity index is 1.84. The highest BCUT2D eigenvalue weighted by Gasteiger charge is 2.20. The largest absolute Gasteiger partial charge is 0.310 e. The van der Waals surface area contributed by atoms with Crippen LogP contribution in [0.2, 0.25) is 5.02 Å². The van der Waals surface area contributed by atoms with E-state index >= 15 is 0 Å². The highest BCUT2D eigenvalue weighted by molar-refractivity contribution is 6.33. The number of hydrogen-bond donors (Lipinski definition) is 1. The monoisotopic (exact) mass is 275 g/mol. The molecule has 2 aromatic rings. The van der Waals surface area contributed by atoms with Gasteiger partial charge in [-0.1, -0.05) is 41.9 Å². The van der Waals surface area contributed by atoms with Crippen molar-refractivity contribution in [1.29, 1.82) is 0 Å². The lowest BCUT2D eigenvalue weighted by molar-refractivity contribution is 0.631. The van der Waals surface area contributed by atoms with E-state index < -0.39 is 0 Å². The lowest BCUT2D eigenvalue weighted by Gasteiger charge is -2.09. The van der Waals surface area contributed by atoms with Crippen molar-refractivity contribution >= 4 is 11.6 Å². The number of nitrogens with one attached hydrogen (secondary N) is 1. The summed E-state index contributed by atoms with van der Waals surface area (Å²) in [5.74, 6) is -0.242. The molecule has 1 aliphatic rings. The summed E-state index contributed by atoms with van der Waals surface area (Å²) in [5.41, 5.74) is 2.43. The van der Waals surface area contributed by atoms with Crippen molar-refractivity contribution < 1.29 is 4.39 Å². The van der Waals surface area contributed by atoms with Crippen LogP contribution in [0.1, 0.15) is 18.4 Å². The lowest BCUT2D eigenvalue weighted by atomic mass is 10.0. The molecule has 1 saturated carbocycles. The zero-order valence-corrected chi connectivity index (χ0v) is 11.3. The Hall–Kier alpha value is -1.38. The zero-order valence-electron chi connectivity index (χ0n) is 10.5. The number of halogens is 2. The van der Waals surface area contributed by atoms with Crippen molar-refractivity contribution in [2.24, 2.45) is 0 Å². The second-order valence-electron chi connectivity index (χ2n) is 4.95. The average Bonchev–Trinajstić information content (AvgIpc) is 3.22. The van der Waals surface area contributed by atoms with Crippen molar-refractivity contribution in [2.45, 2.75) is 25.4 Å². The van der Waals surface area contributed by atoms with Gasteiger partial charge < -0.3 is 5.32 Å². The first kappa shape index (κ1) is 12.6. The second-order valence-corrected chi connectivity index (χ2v) is 5.36. The molecule has 0 atom stereocenters. The van der Waals surface area contributed by atoms with Crippen LogP contribution in [0.5, 0.6) is 0 Å².